The van der Waals surface area contributed by atoms with Crippen molar-refractivity contribution in [2.75, 3.05) is 0 Å². The maximum Gasteiger partial charge on any atom is 0.0228 e. The normalized spacial score (nSPS) is 33.6. The molecule has 0 aliphatic heterocycles. The maximum atomic E-state index is 3.24. The molecule has 0 spiro atoms. The lowest BCUT2D eigenvalue weighted by molar-refractivity contribution is 0.518. The van der Waals surface area contributed by atoms with Crippen molar-refractivity contribution < 1.29 is 0 Å². The first-order valence-corrected chi connectivity index (χ1v) is 3.77. The van der Waals surface area contributed by atoms with Gasteiger partial charge in [-0.3, -0.25) is 0 Å². The Morgan fingerprint density at radius 2 is 2.11 bits per heavy atom. The molecule has 0 aromatic rings. The molecule has 1 aliphatic carbocycles. The van der Waals surface area contributed by atoms with Crippen molar-refractivity contribution in [3.05, 3.63) is 0 Å². The Hall–Kier alpha value is -0.440. The maximum absolute atomic E-state index is 3.24. The van der Waals surface area contributed by atoms with Gasteiger partial charge in [0.2, 0.25) is 0 Å². The van der Waals surface area contributed by atoms with Gasteiger partial charge in [-0.25, -0.2) is 0 Å². The van der Waals surface area contributed by atoms with Gasteiger partial charge in [-0.2, -0.15) is 0 Å². The molecule has 2 atom stereocenters. The summed E-state index contributed by atoms with van der Waals surface area (Å²) < 4.78 is 0. The molecule has 0 amide bonds. The van der Waals surface area contributed by atoms with Gasteiger partial charge in [0.25, 0.3) is 0 Å². The van der Waals surface area contributed by atoms with E-state index in [2.05, 4.69) is 18.8 Å². The third-order valence-electron chi connectivity index (χ3n) is 2.19. The Balaban J connectivity index is 2.46. The molecule has 0 saturated heterocycles. The Morgan fingerprint density at radius 1 is 1.33 bits per heavy atom. The molecule has 0 radical (unpaired) electrons. The molecular formula is C9H14. The Kier molecular flexibility index (Phi) is 2.16. The van der Waals surface area contributed by atoms with Gasteiger partial charge in [0.1, 0.15) is 0 Å². The highest BCUT2D eigenvalue weighted by Gasteiger charge is 2.20. The minimum Gasteiger partial charge on any atom is -0.106 e. The lowest BCUT2D eigenvalue weighted by Crippen LogP contribution is -1.99. The molecule has 9 heavy (non-hydrogen) atoms. The molecule has 1 unspecified atom stereocenters. The van der Waals surface area contributed by atoms with E-state index in [0.717, 1.165) is 11.8 Å². The summed E-state index contributed by atoms with van der Waals surface area (Å²) in [6, 6.07) is 0. The van der Waals surface area contributed by atoms with Gasteiger partial charge in [0.15, 0.2) is 0 Å². The fourth-order valence-electron chi connectivity index (χ4n) is 1.55. The van der Waals surface area contributed by atoms with Crippen molar-refractivity contribution in [2.24, 2.45) is 11.8 Å². The van der Waals surface area contributed by atoms with E-state index >= 15 is 0 Å². The fourth-order valence-corrected chi connectivity index (χ4v) is 1.55. The van der Waals surface area contributed by atoms with Crippen LogP contribution in [0.3, 0.4) is 0 Å². The quantitative estimate of drug-likeness (QED) is 0.433. The SMILES string of the molecule is CC#C[C@H]1CCCC1C. The second-order valence-electron chi connectivity index (χ2n) is 2.91. The molecule has 1 aliphatic rings. The lowest BCUT2D eigenvalue weighted by Gasteiger charge is -2.05. The van der Waals surface area contributed by atoms with Crippen LogP contribution in [-0.4, -0.2) is 0 Å². The molecule has 1 rings (SSSR count). The highest BCUT2D eigenvalue weighted by Crippen LogP contribution is 2.30. The third-order valence-corrected chi connectivity index (χ3v) is 2.19. The van der Waals surface area contributed by atoms with Crippen molar-refractivity contribution in [3.63, 3.8) is 0 Å². The molecule has 0 aromatic heterocycles. The van der Waals surface area contributed by atoms with Crippen LogP contribution >= 0.6 is 0 Å². The predicted octanol–water partition coefficient (Wildman–Crippen LogP) is 2.45. The second-order valence-corrected chi connectivity index (χ2v) is 2.91. The first-order valence-electron chi connectivity index (χ1n) is 3.77. The van der Waals surface area contributed by atoms with Gasteiger partial charge in [-0.05, 0) is 25.7 Å². The number of hydrogen-bond acceptors (Lipinski definition) is 0. The van der Waals surface area contributed by atoms with Crippen molar-refractivity contribution in [3.8, 4) is 11.8 Å². The monoisotopic (exact) mass is 122 g/mol. The van der Waals surface area contributed by atoms with Gasteiger partial charge in [0, 0.05) is 5.92 Å². The predicted molar refractivity (Wildman–Crippen MR) is 40.0 cm³/mol. The lowest BCUT2D eigenvalue weighted by atomic mass is 9.99. The summed E-state index contributed by atoms with van der Waals surface area (Å²) in [7, 11) is 0. The van der Waals surface area contributed by atoms with E-state index in [1.165, 1.54) is 19.3 Å². The van der Waals surface area contributed by atoms with E-state index in [0.29, 0.717) is 0 Å². The molecule has 0 N–H and O–H groups in total. The van der Waals surface area contributed by atoms with Gasteiger partial charge < -0.3 is 0 Å². The minimum absolute atomic E-state index is 0.718. The topological polar surface area (TPSA) is 0 Å². The Morgan fingerprint density at radius 3 is 2.56 bits per heavy atom. The molecule has 1 fully saturated rings. The summed E-state index contributed by atoms with van der Waals surface area (Å²) in [5, 5.41) is 0. The minimum atomic E-state index is 0.718. The second kappa shape index (κ2) is 2.92. The van der Waals surface area contributed by atoms with Crippen LogP contribution in [0, 0.1) is 23.7 Å². The molecule has 0 bridgehead atoms. The van der Waals surface area contributed by atoms with E-state index in [9.17, 15) is 0 Å². The molecule has 0 heteroatoms. The largest absolute Gasteiger partial charge is 0.106 e. The van der Waals surface area contributed by atoms with Crippen LogP contribution in [0.25, 0.3) is 0 Å². The average molecular weight is 122 g/mol. The highest BCUT2D eigenvalue weighted by molar-refractivity contribution is 5.04. The highest BCUT2D eigenvalue weighted by atomic mass is 14.2. The van der Waals surface area contributed by atoms with Crippen LogP contribution in [0.15, 0.2) is 0 Å². The molecule has 0 heterocycles. The summed E-state index contributed by atoms with van der Waals surface area (Å²) in [4.78, 5) is 0. The molecule has 1 saturated carbocycles. The van der Waals surface area contributed by atoms with E-state index in [1.54, 1.807) is 0 Å². The summed E-state index contributed by atoms with van der Waals surface area (Å²) in [6.07, 6.45) is 4.11. The zero-order valence-electron chi connectivity index (χ0n) is 6.28. The van der Waals surface area contributed by atoms with Crippen molar-refractivity contribution in [2.45, 2.75) is 33.1 Å². The third kappa shape index (κ3) is 1.48. The van der Waals surface area contributed by atoms with E-state index < -0.39 is 0 Å². The Bertz CT molecular complexity index is 136. The van der Waals surface area contributed by atoms with Crippen molar-refractivity contribution in [1.82, 2.24) is 0 Å². The summed E-state index contributed by atoms with van der Waals surface area (Å²) in [5.41, 5.74) is 0. The summed E-state index contributed by atoms with van der Waals surface area (Å²) >= 11 is 0. The van der Waals surface area contributed by atoms with Crippen LogP contribution in [0.2, 0.25) is 0 Å². The first-order chi connectivity index (χ1) is 4.34. The van der Waals surface area contributed by atoms with Crippen LogP contribution < -0.4 is 0 Å². The average Bonchev–Trinajstić information content (AvgIpc) is 2.18. The van der Waals surface area contributed by atoms with Crippen LogP contribution in [0.4, 0.5) is 0 Å². The smallest absolute Gasteiger partial charge is 0.0228 e. The number of rotatable bonds is 0. The zero-order chi connectivity index (χ0) is 6.69. The van der Waals surface area contributed by atoms with Crippen LogP contribution in [0.5, 0.6) is 0 Å². The molecule has 50 valence electrons. The van der Waals surface area contributed by atoms with Crippen molar-refractivity contribution >= 4 is 0 Å². The molecular weight excluding hydrogens is 108 g/mol. The first kappa shape index (κ1) is 6.68. The van der Waals surface area contributed by atoms with E-state index in [4.69, 9.17) is 0 Å². The van der Waals surface area contributed by atoms with Crippen molar-refractivity contribution in [1.29, 1.82) is 0 Å². The van der Waals surface area contributed by atoms with E-state index in [-0.39, 0.29) is 0 Å². The van der Waals surface area contributed by atoms with Gasteiger partial charge >= 0.3 is 0 Å². The van der Waals surface area contributed by atoms with Crippen LogP contribution in [0.1, 0.15) is 33.1 Å². The van der Waals surface area contributed by atoms with E-state index in [1.807, 2.05) is 6.92 Å². The number of hydrogen-bond donors (Lipinski definition) is 0. The van der Waals surface area contributed by atoms with Gasteiger partial charge in [-0.1, -0.05) is 19.3 Å². The van der Waals surface area contributed by atoms with Crippen LogP contribution in [-0.2, 0) is 0 Å². The van der Waals surface area contributed by atoms with Gasteiger partial charge in [0.05, 0.1) is 0 Å². The Labute approximate surface area is 57.7 Å². The molecule has 0 aromatic carbocycles. The standard InChI is InChI=1S/C9H14/c1-3-5-9-7-4-6-8(9)2/h8-9H,4,6-7H2,1-2H3/t8?,9-/m0/s1. The zero-order valence-corrected chi connectivity index (χ0v) is 6.28. The molecule has 0 nitrogen and oxygen atoms in total. The fraction of sp³-hybridized carbons (Fsp3) is 0.778. The van der Waals surface area contributed by atoms with Gasteiger partial charge in [-0.15, -0.1) is 5.92 Å². The summed E-state index contributed by atoms with van der Waals surface area (Å²) in [5.74, 6) is 7.81. The summed E-state index contributed by atoms with van der Waals surface area (Å²) in [6.45, 7) is 4.24.